The van der Waals surface area contributed by atoms with Crippen molar-refractivity contribution in [3.63, 3.8) is 0 Å². The maximum absolute atomic E-state index is 3.46. The normalized spacial score (nSPS) is 14.6. The molecule has 0 nitrogen and oxygen atoms in total. The summed E-state index contributed by atoms with van der Waals surface area (Å²) in [6.07, 6.45) is 9.57. The van der Waals surface area contributed by atoms with Crippen molar-refractivity contribution in [2.75, 3.05) is 0 Å². The van der Waals surface area contributed by atoms with Crippen LogP contribution in [0.3, 0.4) is 0 Å². The van der Waals surface area contributed by atoms with Crippen LogP contribution in [0.5, 0.6) is 0 Å². The maximum atomic E-state index is 3.46. The Labute approximate surface area is 123 Å². The Morgan fingerprint density at radius 2 is 1.37 bits per heavy atom. The fraction of sp³-hybridized carbons (Fsp3) is 0.222. The van der Waals surface area contributed by atoms with Crippen LogP contribution in [0.1, 0.15) is 35.1 Å². The van der Waals surface area contributed by atoms with Gasteiger partial charge in [-0.2, -0.15) is 0 Å². The van der Waals surface area contributed by atoms with Gasteiger partial charge in [0.1, 0.15) is 0 Å². The lowest BCUT2D eigenvalue weighted by Crippen LogP contribution is -2.02. The second-order valence-electron chi connectivity index (χ2n) is 5.12. The van der Waals surface area contributed by atoms with Crippen LogP contribution in [-0.2, 0) is 12.8 Å². The SMILES string of the molecule is Brc1ccc(/C=C/c2ccc3c(c2)CCCC3)cc1. The molecule has 1 heteroatoms. The van der Waals surface area contributed by atoms with Crippen LogP contribution >= 0.6 is 15.9 Å². The van der Waals surface area contributed by atoms with Gasteiger partial charge in [-0.15, -0.1) is 0 Å². The predicted molar refractivity (Wildman–Crippen MR) is 86.2 cm³/mol. The summed E-state index contributed by atoms with van der Waals surface area (Å²) in [5.41, 5.74) is 5.64. The quantitative estimate of drug-likeness (QED) is 0.642. The lowest BCUT2D eigenvalue weighted by atomic mass is 9.90. The number of aryl methyl sites for hydroxylation is 2. The molecule has 0 atom stereocenters. The van der Waals surface area contributed by atoms with Gasteiger partial charge in [0.05, 0.1) is 0 Å². The molecule has 0 unspecified atom stereocenters. The maximum Gasteiger partial charge on any atom is 0.0175 e. The third-order valence-corrected chi connectivity index (χ3v) is 4.24. The van der Waals surface area contributed by atoms with Gasteiger partial charge in [-0.25, -0.2) is 0 Å². The molecule has 0 spiro atoms. The zero-order chi connectivity index (χ0) is 13.1. The van der Waals surface area contributed by atoms with Crippen LogP contribution < -0.4 is 0 Å². The molecule has 0 saturated carbocycles. The van der Waals surface area contributed by atoms with E-state index in [1.807, 2.05) is 0 Å². The highest BCUT2D eigenvalue weighted by atomic mass is 79.9. The summed E-state index contributed by atoms with van der Waals surface area (Å²) >= 11 is 3.46. The van der Waals surface area contributed by atoms with Crippen molar-refractivity contribution in [1.29, 1.82) is 0 Å². The largest absolute Gasteiger partial charge is 0.0582 e. The highest BCUT2D eigenvalue weighted by Crippen LogP contribution is 2.23. The standard InChI is InChI=1S/C18H17Br/c19-18-11-8-14(9-12-18)5-6-15-7-10-16-3-1-2-4-17(16)13-15/h5-13H,1-4H2/b6-5+. The number of rotatable bonds is 2. The van der Waals surface area contributed by atoms with Crippen molar-refractivity contribution in [1.82, 2.24) is 0 Å². The summed E-state index contributed by atoms with van der Waals surface area (Å²) in [4.78, 5) is 0. The zero-order valence-electron chi connectivity index (χ0n) is 10.9. The Morgan fingerprint density at radius 1 is 0.737 bits per heavy atom. The summed E-state index contributed by atoms with van der Waals surface area (Å²) in [7, 11) is 0. The lowest BCUT2D eigenvalue weighted by molar-refractivity contribution is 0.685. The molecule has 3 rings (SSSR count). The van der Waals surface area contributed by atoms with Gasteiger partial charge in [-0.05, 0) is 60.1 Å². The van der Waals surface area contributed by atoms with Crippen molar-refractivity contribution in [3.8, 4) is 0 Å². The Hall–Kier alpha value is -1.34. The van der Waals surface area contributed by atoms with E-state index in [0.717, 1.165) is 4.47 Å². The molecule has 1 aliphatic carbocycles. The minimum atomic E-state index is 1.12. The van der Waals surface area contributed by atoms with Crippen molar-refractivity contribution >= 4 is 28.1 Å². The van der Waals surface area contributed by atoms with Crippen LogP contribution in [0.2, 0.25) is 0 Å². The molecule has 0 fully saturated rings. The van der Waals surface area contributed by atoms with Gasteiger partial charge in [0.25, 0.3) is 0 Å². The van der Waals surface area contributed by atoms with Crippen molar-refractivity contribution in [3.05, 3.63) is 69.2 Å². The van der Waals surface area contributed by atoms with Gasteiger partial charge in [0, 0.05) is 4.47 Å². The summed E-state index contributed by atoms with van der Waals surface area (Å²) in [5.74, 6) is 0. The van der Waals surface area contributed by atoms with Crippen LogP contribution in [0.4, 0.5) is 0 Å². The monoisotopic (exact) mass is 312 g/mol. The number of hydrogen-bond donors (Lipinski definition) is 0. The molecule has 2 aromatic rings. The van der Waals surface area contributed by atoms with Crippen LogP contribution in [0, 0.1) is 0 Å². The molecular formula is C18H17Br. The van der Waals surface area contributed by atoms with E-state index in [1.165, 1.54) is 36.8 Å². The molecule has 0 N–H and O–H groups in total. The minimum Gasteiger partial charge on any atom is -0.0582 e. The van der Waals surface area contributed by atoms with Crippen molar-refractivity contribution in [2.24, 2.45) is 0 Å². The van der Waals surface area contributed by atoms with E-state index in [9.17, 15) is 0 Å². The number of benzene rings is 2. The smallest absolute Gasteiger partial charge is 0.0175 e. The Morgan fingerprint density at radius 3 is 2.16 bits per heavy atom. The first-order valence-electron chi connectivity index (χ1n) is 6.87. The number of hydrogen-bond acceptors (Lipinski definition) is 0. The van der Waals surface area contributed by atoms with Crippen LogP contribution in [-0.4, -0.2) is 0 Å². The molecule has 0 heterocycles. The third kappa shape index (κ3) is 3.16. The van der Waals surface area contributed by atoms with Gasteiger partial charge in [0.2, 0.25) is 0 Å². The topological polar surface area (TPSA) is 0 Å². The van der Waals surface area contributed by atoms with E-state index >= 15 is 0 Å². The van der Waals surface area contributed by atoms with E-state index in [1.54, 1.807) is 11.1 Å². The van der Waals surface area contributed by atoms with E-state index in [-0.39, 0.29) is 0 Å². The van der Waals surface area contributed by atoms with Crippen LogP contribution in [0.15, 0.2) is 46.9 Å². The first kappa shape index (κ1) is 12.7. The number of fused-ring (bicyclic) bond motifs is 1. The Balaban J connectivity index is 1.81. The van der Waals surface area contributed by atoms with E-state index in [2.05, 4.69) is 70.5 Å². The van der Waals surface area contributed by atoms with E-state index in [4.69, 9.17) is 0 Å². The first-order chi connectivity index (χ1) is 9.31. The van der Waals surface area contributed by atoms with Gasteiger partial charge >= 0.3 is 0 Å². The summed E-state index contributed by atoms with van der Waals surface area (Å²) in [5, 5.41) is 0. The molecule has 0 radical (unpaired) electrons. The lowest BCUT2D eigenvalue weighted by Gasteiger charge is -2.15. The third-order valence-electron chi connectivity index (χ3n) is 3.71. The molecule has 0 aromatic heterocycles. The Bertz CT molecular complexity index is 594. The fourth-order valence-electron chi connectivity index (χ4n) is 2.62. The summed E-state index contributed by atoms with van der Waals surface area (Å²) in [6, 6.07) is 15.3. The van der Waals surface area contributed by atoms with Crippen molar-refractivity contribution < 1.29 is 0 Å². The van der Waals surface area contributed by atoms with Gasteiger partial charge < -0.3 is 0 Å². The molecular weight excluding hydrogens is 296 g/mol. The molecule has 0 saturated heterocycles. The van der Waals surface area contributed by atoms with Gasteiger partial charge in [0.15, 0.2) is 0 Å². The van der Waals surface area contributed by atoms with Gasteiger partial charge in [-0.3, -0.25) is 0 Å². The molecule has 0 amide bonds. The predicted octanol–water partition coefficient (Wildman–Crippen LogP) is 5.50. The first-order valence-corrected chi connectivity index (χ1v) is 7.66. The van der Waals surface area contributed by atoms with Crippen molar-refractivity contribution in [2.45, 2.75) is 25.7 Å². The average Bonchev–Trinajstić information content (AvgIpc) is 2.46. The van der Waals surface area contributed by atoms with Crippen LogP contribution in [0.25, 0.3) is 12.2 Å². The van der Waals surface area contributed by atoms with E-state index < -0.39 is 0 Å². The van der Waals surface area contributed by atoms with E-state index in [0.29, 0.717) is 0 Å². The minimum absolute atomic E-state index is 1.12. The van der Waals surface area contributed by atoms with Gasteiger partial charge in [-0.1, -0.05) is 58.4 Å². The highest BCUT2D eigenvalue weighted by molar-refractivity contribution is 9.10. The molecule has 2 aromatic carbocycles. The Kier molecular flexibility index (Phi) is 3.84. The molecule has 96 valence electrons. The zero-order valence-corrected chi connectivity index (χ0v) is 12.5. The molecule has 0 aliphatic heterocycles. The second-order valence-corrected chi connectivity index (χ2v) is 6.04. The summed E-state index contributed by atoms with van der Waals surface area (Å²) < 4.78 is 1.12. The molecule has 0 bridgehead atoms. The molecule has 19 heavy (non-hydrogen) atoms. The summed E-state index contributed by atoms with van der Waals surface area (Å²) in [6.45, 7) is 0. The average molecular weight is 313 g/mol. The fourth-order valence-corrected chi connectivity index (χ4v) is 2.89. The molecule has 1 aliphatic rings. The second kappa shape index (κ2) is 5.75. The highest BCUT2D eigenvalue weighted by Gasteiger charge is 2.08. The number of halogens is 1.